The highest BCUT2D eigenvalue weighted by atomic mass is 15.3. The molecular weight excluding hydrogens is 226 g/mol. The number of likely N-dealkylation sites (tertiary alicyclic amines) is 1. The lowest BCUT2D eigenvalue weighted by Crippen LogP contribution is -2.41. The molecule has 1 aliphatic rings. The summed E-state index contributed by atoms with van der Waals surface area (Å²) in [6.07, 6.45) is 8.43. The Balaban J connectivity index is 2.31. The van der Waals surface area contributed by atoms with E-state index in [2.05, 4.69) is 21.8 Å². The first-order chi connectivity index (χ1) is 8.74. The van der Waals surface area contributed by atoms with Gasteiger partial charge >= 0.3 is 0 Å². The predicted octanol–water partition coefficient (Wildman–Crippen LogP) is 1.68. The van der Waals surface area contributed by atoms with Crippen molar-refractivity contribution in [3.63, 3.8) is 0 Å². The molecule has 18 heavy (non-hydrogen) atoms. The molecule has 0 spiro atoms. The van der Waals surface area contributed by atoms with Gasteiger partial charge in [-0.2, -0.15) is 4.99 Å². The van der Waals surface area contributed by atoms with Gasteiger partial charge in [0.2, 0.25) is 5.96 Å². The van der Waals surface area contributed by atoms with Gasteiger partial charge in [0.25, 0.3) is 0 Å². The Morgan fingerprint density at radius 1 is 1.06 bits per heavy atom. The fraction of sp³-hybridized carbons (Fsp3) is 0.846. The first-order valence-corrected chi connectivity index (χ1v) is 7.13. The van der Waals surface area contributed by atoms with Crippen molar-refractivity contribution in [2.24, 2.45) is 21.5 Å². The highest BCUT2D eigenvalue weighted by molar-refractivity contribution is 5.93. The molecule has 0 amide bonds. The largest absolute Gasteiger partial charge is 0.369 e. The molecule has 5 nitrogen and oxygen atoms in total. The van der Waals surface area contributed by atoms with E-state index in [0.29, 0.717) is 11.9 Å². The van der Waals surface area contributed by atoms with E-state index in [1.165, 1.54) is 38.5 Å². The van der Waals surface area contributed by atoms with Gasteiger partial charge in [-0.15, -0.1) is 0 Å². The lowest BCUT2D eigenvalue weighted by Gasteiger charge is -2.27. The summed E-state index contributed by atoms with van der Waals surface area (Å²) in [6.45, 7) is 4.92. The monoisotopic (exact) mass is 253 g/mol. The Bertz CT molecular complexity index is 279. The van der Waals surface area contributed by atoms with E-state index in [4.69, 9.17) is 11.5 Å². The minimum Gasteiger partial charge on any atom is -0.369 e. The maximum absolute atomic E-state index is 5.92. The van der Waals surface area contributed by atoms with E-state index in [1.54, 1.807) is 0 Å². The summed E-state index contributed by atoms with van der Waals surface area (Å²) in [5, 5.41) is 0. The van der Waals surface area contributed by atoms with Gasteiger partial charge in [0.05, 0.1) is 0 Å². The molecule has 0 aliphatic carbocycles. The number of nitrogens with two attached hydrogens (primary N) is 2. The van der Waals surface area contributed by atoms with E-state index in [-0.39, 0.29) is 0 Å². The normalized spacial score (nSPS) is 18.2. The fourth-order valence-electron chi connectivity index (χ4n) is 2.08. The lowest BCUT2D eigenvalue weighted by molar-refractivity contribution is 0.339. The minimum atomic E-state index is 0.314. The van der Waals surface area contributed by atoms with E-state index >= 15 is 0 Å². The van der Waals surface area contributed by atoms with Crippen LogP contribution in [0.5, 0.6) is 0 Å². The van der Waals surface area contributed by atoms with Gasteiger partial charge in [0, 0.05) is 19.6 Å². The van der Waals surface area contributed by atoms with Gasteiger partial charge in [0.15, 0.2) is 5.96 Å². The standard InChI is InChI=1S/C13H27N5/c1-2-3-4-6-9-16-12(14)17-13(15)18-10-7-5-8-11-18/h2-11H2,1H3,(H4,14,15,16,17). The van der Waals surface area contributed by atoms with Gasteiger partial charge in [-0.25, -0.2) is 0 Å². The third kappa shape index (κ3) is 5.89. The number of rotatable bonds is 5. The van der Waals surface area contributed by atoms with Crippen LogP contribution in [-0.2, 0) is 0 Å². The molecule has 1 rings (SSSR count). The van der Waals surface area contributed by atoms with E-state index < -0.39 is 0 Å². The molecule has 1 fully saturated rings. The van der Waals surface area contributed by atoms with Crippen LogP contribution in [0.25, 0.3) is 0 Å². The zero-order valence-electron chi connectivity index (χ0n) is 11.6. The number of hydrogen-bond acceptors (Lipinski definition) is 1. The number of piperidine rings is 1. The first-order valence-electron chi connectivity index (χ1n) is 7.13. The molecule has 0 radical (unpaired) electrons. The summed E-state index contributed by atoms with van der Waals surface area (Å²) in [5.74, 6) is 0.832. The summed E-state index contributed by atoms with van der Waals surface area (Å²) in [5.41, 5.74) is 11.7. The second-order valence-corrected chi connectivity index (χ2v) is 4.82. The van der Waals surface area contributed by atoms with Crippen LogP contribution in [0.2, 0.25) is 0 Å². The molecule has 0 aromatic carbocycles. The average Bonchev–Trinajstić information content (AvgIpc) is 2.39. The van der Waals surface area contributed by atoms with Crippen LogP contribution in [0.4, 0.5) is 0 Å². The molecule has 5 heteroatoms. The second-order valence-electron chi connectivity index (χ2n) is 4.82. The van der Waals surface area contributed by atoms with E-state index in [0.717, 1.165) is 26.1 Å². The number of unbranched alkanes of at least 4 members (excludes halogenated alkanes) is 3. The van der Waals surface area contributed by atoms with Crippen molar-refractivity contribution in [1.29, 1.82) is 0 Å². The average molecular weight is 253 g/mol. The van der Waals surface area contributed by atoms with Crippen molar-refractivity contribution in [2.75, 3.05) is 19.6 Å². The molecule has 1 saturated heterocycles. The number of nitrogens with zero attached hydrogens (tertiary/aromatic N) is 3. The van der Waals surface area contributed by atoms with Gasteiger partial charge < -0.3 is 16.4 Å². The zero-order valence-corrected chi connectivity index (χ0v) is 11.6. The molecule has 1 aliphatic heterocycles. The van der Waals surface area contributed by atoms with Gasteiger partial charge in [0.1, 0.15) is 0 Å². The maximum atomic E-state index is 5.92. The van der Waals surface area contributed by atoms with Crippen molar-refractivity contribution < 1.29 is 0 Å². The van der Waals surface area contributed by atoms with Crippen LogP contribution < -0.4 is 11.5 Å². The van der Waals surface area contributed by atoms with Gasteiger partial charge in [-0.05, 0) is 25.7 Å². The van der Waals surface area contributed by atoms with Crippen molar-refractivity contribution >= 4 is 11.9 Å². The van der Waals surface area contributed by atoms with Crippen LogP contribution in [-0.4, -0.2) is 36.5 Å². The SMILES string of the molecule is CCCCCCN=C(N)/N=C(\N)N1CCCCC1. The third-order valence-corrected chi connectivity index (χ3v) is 3.19. The Labute approximate surface area is 110 Å². The van der Waals surface area contributed by atoms with Crippen LogP contribution in [0.3, 0.4) is 0 Å². The van der Waals surface area contributed by atoms with Crippen LogP contribution in [0.15, 0.2) is 9.98 Å². The smallest absolute Gasteiger partial charge is 0.218 e. The van der Waals surface area contributed by atoms with Crippen molar-refractivity contribution in [3.8, 4) is 0 Å². The molecule has 0 aromatic rings. The molecule has 0 saturated carbocycles. The molecular formula is C13H27N5. The summed E-state index contributed by atoms with van der Waals surface area (Å²) in [6, 6.07) is 0. The Morgan fingerprint density at radius 3 is 2.44 bits per heavy atom. The van der Waals surface area contributed by atoms with Crippen LogP contribution in [0.1, 0.15) is 51.9 Å². The lowest BCUT2D eigenvalue weighted by atomic mass is 10.1. The third-order valence-electron chi connectivity index (χ3n) is 3.19. The van der Waals surface area contributed by atoms with Crippen molar-refractivity contribution in [2.45, 2.75) is 51.9 Å². The Morgan fingerprint density at radius 2 is 1.78 bits per heavy atom. The minimum absolute atomic E-state index is 0.314. The number of guanidine groups is 2. The zero-order chi connectivity index (χ0) is 13.2. The summed E-state index contributed by atoms with van der Waals surface area (Å²) in [4.78, 5) is 10.5. The maximum Gasteiger partial charge on any atom is 0.218 e. The number of hydrogen-bond donors (Lipinski definition) is 2. The fourth-order valence-corrected chi connectivity index (χ4v) is 2.08. The highest BCUT2D eigenvalue weighted by Crippen LogP contribution is 2.07. The summed E-state index contributed by atoms with van der Waals surface area (Å²) in [7, 11) is 0. The van der Waals surface area contributed by atoms with Gasteiger partial charge in [-0.3, -0.25) is 4.99 Å². The molecule has 1 heterocycles. The summed E-state index contributed by atoms with van der Waals surface area (Å²) >= 11 is 0. The van der Waals surface area contributed by atoms with Crippen LogP contribution in [0, 0.1) is 0 Å². The molecule has 0 unspecified atom stereocenters. The number of aliphatic imine (C=N–C) groups is 2. The van der Waals surface area contributed by atoms with E-state index in [9.17, 15) is 0 Å². The quantitative estimate of drug-likeness (QED) is 0.444. The van der Waals surface area contributed by atoms with Crippen molar-refractivity contribution in [1.82, 2.24) is 4.90 Å². The van der Waals surface area contributed by atoms with Gasteiger partial charge in [-0.1, -0.05) is 26.2 Å². The van der Waals surface area contributed by atoms with E-state index in [1.807, 2.05) is 0 Å². The molecule has 0 bridgehead atoms. The Kier molecular flexibility index (Phi) is 7.22. The second kappa shape index (κ2) is 8.78. The predicted molar refractivity (Wildman–Crippen MR) is 77.7 cm³/mol. The summed E-state index contributed by atoms with van der Waals surface area (Å²) < 4.78 is 0. The Hall–Kier alpha value is -1.26. The van der Waals surface area contributed by atoms with Crippen LogP contribution >= 0.6 is 0 Å². The molecule has 0 aromatic heterocycles. The first kappa shape index (κ1) is 14.8. The van der Waals surface area contributed by atoms with Crippen molar-refractivity contribution in [3.05, 3.63) is 0 Å². The highest BCUT2D eigenvalue weighted by Gasteiger charge is 2.11. The molecule has 4 N–H and O–H groups in total. The molecule has 0 atom stereocenters. The topological polar surface area (TPSA) is 80.0 Å². The molecule has 104 valence electrons.